The first-order valence-electron chi connectivity index (χ1n) is 5.61. The van der Waals surface area contributed by atoms with Crippen molar-refractivity contribution < 1.29 is 4.74 Å². The molecule has 3 heteroatoms. The average Bonchev–Trinajstić information content (AvgIpc) is 2.33. The predicted octanol–water partition coefficient (Wildman–Crippen LogP) is 3.14. The number of hydrogen-bond donors (Lipinski definition) is 1. The summed E-state index contributed by atoms with van der Waals surface area (Å²) in [6, 6.07) is 7.96. The molecule has 0 radical (unpaired) electrons. The molecule has 2 nitrogen and oxygen atoms in total. The van der Waals surface area contributed by atoms with Crippen LogP contribution in [0.1, 0.15) is 12.8 Å². The summed E-state index contributed by atoms with van der Waals surface area (Å²) in [5.41, 5.74) is 1.46. The van der Waals surface area contributed by atoms with Gasteiger partial charge in [-0.1, -0.05) is 27.6 Å². The molecule has 0 spiro atoms. The van der Waals surface area contributed by atoms with Gasteiger partial charge in [-0.25, -0.2) is 0 Å². The van der Waals surface area contributed by atoms with Crippen molar-refractivity contribution in [1.82, 2.24) is 5.32 Å². The van der Waals surface area contributed by atoms with Crippen LogP contribution in [0.2, 0.25) is 0 Å². The molecule has 0 atom stereocenters. The Morgan fingerprint density at radius 1 is 1.25 bits per heavy atom. The first kappa shape index (κ1) is 11.7. The molecule has 1 aromatic carbocycles. The van der Waals surface area contributed by atoms with E-state index in [2.05, 4.69) is 27.3 Å². The summed E-state index contributed by atoms with van der Waals surface area (Å²) in [5, 5.41) is 3.36. The van der Waals surface area contributed by atoms with E-state index in [1.807, 2.05) is 24.3 Å². The molecule has 0 fully saturated rings. The molecule has 1 aliphatic heterocycles. The van der Waals surface area contributed by atoms with Crippen LogP contribution < -0.4 is 10.1 Å². The van der Waals surface area contributed by atoms with Gasteiger partial charge in [-0.3, -0.25) is 0 Å². The van der Waals surface area contributed by atoms with Gasteiger partial charge in [0.2, 0.25) is 0 Å². The first-order chi connectivity index (χ1) is 7.84. The fourth-order valence-electron chi connectivity index (χ4n) is 1.72. The molecule has 86 valence electrons. The minimum Gasteiger partial charge on any atom is -0.493 e. The SMILES string of the molecule is Brc1ccc(OCCC2=CCCNC2)cc1. The highest BCUT2D eigenvalue weighted by Crippen LogP contribution is 2.16. The normalized spacial score (nSPS) is 15.7. The summed E-state index contributed by atoms with van der Waals surface area (Å²) < 4.78 is 6.76. The third kappa shape index (κ3) is 3.65. The molecule has 1 heterocycles. The molecule has 2 rings (SSSR count). The molecule has 1 aliphatic rings. The second-order valence-electron chi connectivity index (χ2n) is 3.88. The quantitative estimate of drug-likeness (QED) is 0.857. The van der Waals surface area contributed by atoms with Crippen LogP contribution in [0.4, 0.5) is 0 Å². The van der Waals surface area contributed by atoms with Crippen molar-refractivity contribution in [2.24, 2.45) is 0 Å². The van der Waals surface area contributed by atoms with E-state index in [9.17, 15) is 0 Å². The molecular formula is C13H16BrNO. The van der Waals surface area contributed by atoms with Crippen LogP contribution in [0.25, 0.3) is 0 Å². The molecule has 0 bridgehead atoms. The molecule has 0 amide bonds. The number of rotatable bonds is 4. The molecule has 0 saturated carbocycles. The minimum atomic E-state index is 0.759. The monoisotopic (exact) mass is 281 g/mol. The van der Waals surface area contributed by atoms with Gasteiger partial charge in [0.25, 0.3) is 0 Å². The fraction of sp³-hybridized carbons (Fsp3) is 0.385. The zero-order valence-corrected chi connectivity index (χ0v) is 10.8. The summed E-state index contributed by atoms with van der Waals surface area (Å²) in [7, 11) is 0. The van der Waals surface area contributed by atoms with Gasteiger partial charge >= 0.3 is 0 Å². The van der Waals surface area contributed by atoms with Crippen molar-refractivity contribution in [2.45, 2.75) is 12.8 Å². The van der Waals surface area contributed by atoms with Gasteiger partial charge in [0.15, 0.2) is 0 Å². The van der Waals surface area contributed by atoms with Gasteiger partial charge < -0.3 is 10.1 Å². The van der Waals surface area contributed by atoms with E-state index in [1.165, 1.54) is 5.57 Å². The lowest BCUT2D eigenvalue weighted by Gasteiger charge is -2.14. The van der Waals surface area contributed by atoms with E-state index in [0.29, 0.717) is 0 Å². The van der Waals surface area contributed by atoms with Gasteiger partial charge in [0.05, 0.1) is 6.61 Å². The van der Waals surface area contributed by atoms with Gasteiger partial charge in [-0.15, -0.1) is 0 Å². The van der Waals surface area contributed by atoms with Crippen molar-refractivity contribution in [2.75, 3.05) is 19.7 Å². The fourth-order valence-corrected chi connectivity index (χ4v) is 1.99. The lowest BCUT2D eigenvalue weighted by molar-refractivity contribution is 0.319. The van der Waals surface area contributed by atoms with E-state index >= 15 is 0 Å². The number of halogens is 1. The Morgan fingerprint density at radius 3 is 2.75 bits per heavy atom. The molecule has 0 unspecified atom stereocenters. The molecule has 0 aromatic heterocycles. The summed E-state index contributed by atoms with van der Waals surface area (Å²) in [6.45, 7) is 2.88. The average molecular weight is 282 g/mol. The maximum Gasteiger partial charge on any atom is 0.119 e. The Labute approximate surface area is 105 Å². The first-order valence-corrected chi connectivity index (χ1v) is 6.41. The Kier molecular flexibility index (Phi) is 4.43. The van der Waals surface area contributed by atoms with Crippen molar-refractivity contribution in [3.05, 3.63) is 40.4 Å². The Morgan fingerprint density at radius 2 is 2.06 bits per heavy atom. The zero-order valence-electron chi connectivity index (χ0n) is 9.21. The molecule has 1 aromatic rings. The van der Waals surface area contributed by atoms with E-state index < -0.39 is 0 Å². The Balaban J connectivity index is 1.75. The standard InChI is InChI=1S/C13H16BrNO/c14-12-3-5-13(6-4-12)16-9-7-11-2-1-8-15-10-11/h2-6,15H,1,7-10H2. The number of hydrogen-bond acceptors (Lipinski definition) is 2. The minimum absolute atomic E-state index is 0.759. The maximum atomic E-state index is 5.67. The summed E-state index contributed by atoms with van der Waals surface area (Å²) in [6.07, 6.45) is 4.48. The van der Waals surface area contributed by atoms with Crippen molar-refractivity contribution in [3.8, 4) is 5.75 Å². The third-order valence-corrected chi connectivity index (χ3v) is 3.14. The van der Waals surface area contributed by atoms with Crippen LogP contribution >= 0.6 is 15.9 Å². The van der Waals surface area contributed by atoms with E-state index in [1.54, 1.807) is 0 Å². The second kappa shape index (κ2) is 6.06. The lowest BCUT2D eigenvalue weighted by Crippen LogP contribution is -2.23. The summed E-state index contributed by atoms with van der Waals surface area (Å²) in [4.78, 5) is 0. The van der Waals surface area contributed by atoms with Crippen molar-refractivity contribution >= 4 is 15.9 Å². The summed E-state index contributed by atoms with van der Waals surface area (Å²) in [5.74, 6) is 0.938. The number of benzene rings is 1. The molecule has 0 saturated heterocycles. The van der Waals surface area contributed by atoms with Gasteiger partial charge in [-0.05, 0) is 37.2 Å². The van der Waals surface area contributed by atoms with Crippen LogP contribution in [0.15, 0.2) is 40.4 Å². The molecular weight excluding hydrogens is 266 g/mol. The number of ether oxygens (including phenoxy) is 1. The number of nitrogens with one attached hydrogen (secondary N) is 1. The summed E-state index contributed by atoms with van der Waals surface area (Å²) >= 11 is 3.40. The van der Waals surface area contributed by atoms with Crippen LogP contribution in [-0.4, -0.2) is 19.7 Å². The molecule has 1 N–H and O–H groups in total. The van der Waals surface area contributed by atoms with Crippen LogP contribution in [0.3, 0.4) is 0 Å². The molecule has 0 aliphatic carbocycles. The van der Waals surface area contributed by atoms with E-state index in [-0.39, 0.29) is 0 Å². The highest BCUT2D eigenvalue weighted by molar-refractivity contribution is 9.10. The van der Waals surface area contributed by atoms with Crippen molar-refractivity contribution in [3.63, 3.8) is 0 Å². The van der Waals surface area contributed by atoms with Crippen molar-refractivity contribution in [1.29, 1.82) is 0 Å². The van der Waals surface area contributed by atoms with Crippen LogP contribution in [-0.2, 0) is 0 Å². The topological polar surface area (TPSA) is 21.3 Å². The van der Waals surface area contributed by atoms with E-state index in [4.69, 9.17) is 4.74 Å². The van der Waals surface area contributed by atoms with Gasteiger partial charge in [0.1, 0.15) is 5.75 Å². The predicted molar refractivity (Wildman–Crippen MR) is 69.8 cm³/mol. The zero-order chi connectivity index (χ0) is 11.2. The highest BCUT2D eigenvalue weighted by Gasteiger charge is 2.02. The van der Waals surface area contributed by atoms with Gasteiger partial charge in [-0.2, -0.15) is 0 Å². The Hall–Kier alpha value is -0.800. The Bertz CT molecular complexity index is 359. The van der Waals surface area contributed by atoms with Crippen LogP contribution in [0, 0.1) is 0 Å². The van der Waals surface area contributed by atoms with Gasteiger partial charge in [0, 0.05) is 17.4 Å². The maximum absolute atomic E-state index is 5.67. The molecule has 16 heavy (non-hydrogen) atoms. The highest BCUT2D eigenvalue weighted by atomic mass is 79.9. The lowest BCUT2D eigenvalue weighted by atomic mass is 10.1. The third-order valence-electron chi connectivity index (χ3n) is 2.61. The smallest absolute Gasteiger partial charge is 0.119 e. The van der Waals surface area contributed by atoms with E-state index in [0.717, 1.165) is 42.8 Å². The van der Waals surface area contributed by atoms with Crippen LogP contribution in [0.5, 0.6) is 5.75 Å². The second-order valence-corrected chi connectivity index (χ2v) is 4.80. The largest absolute Gasteiger partial charge is 0.493 e.